The second-order valence-electron chi connectivity index (χ2n) is 3.53. The molecule has 0 saturated heterocycles. The fourth-order valence-electron chi connectivity index (χ4n) is 1.32. The summed E-state index contributed by atoms with van der Waals surface area (Å²) in [6.07, 6.45) is 2.32. The third kappa shape index (κ3) is 3.99. The monoisotopic (exact) mass is 206 g/mol. The van der Waals surface area contributed by atoms with Gasteiger partial charge in [-0.1, -0.05) is 6.07 Å². The first kappa shape index (κ1) is 11.5. The maximum absolute atomic E-state index is 13.3. The number of nitriles is 1. The van der Waals surface area contributed by atoms with Crippen molar-refractivity contribution in [2.45, 2.75) is 26.2 Å². The molecule has 0 aromatic heterocycles. The number of nitrogens with one attached hydrogen (secondary N) is 1. The third-order valence-corrected chi connectivity index (χ3v) is 2.16. The van der Waals surface area contributed by atoms with Gasteiger partial charge in [0.2, 0.25) is 0 Å². The molecule has 0 bridgehead atoms. The van der Waals surface area contributed by atoms with Crippen LogP contribution in [0.15, 0.2) is 18.2 Å². The van der Waals surface area contributed by atoms with Gasteiger partial charge < -0.3 is 5.32 Å². The molecule has 1 N–H and O–H groups in total. The van der Waals surface area contributed by atoms with Gasteiger partial charge in [0.25, 0.3) is 0 Å². The Balaban J connectivity index is 2.35. The lowest BCUT2D eigenvalue weighted by molar-refractivity contribution is 0.628. The molecule has 0 amide bonds. The van der Waals surface area contributed by atoms with Crippen LogP contribution in [0, 0.1) is 24.1 Å². The zero-order valence-electron chi connectivity index (χ0n) is 8.89. The largest absolute Gasteiger partial charge is 0.383 e. The Morgan fingerprint density at radius 2 is 2.20 bits per heavy atom. The summed E-state index contributed by atoms with van der Waals surface area (Å²) in [4.78, 5) is 0. The van der Waals surface area contributed by atoms with E-state index < -0.39 is 0 Å². The smallest absolute Gasteiger partial charge is 0.146 e. The molecule has 0 unspecified atom stereocenters. The topological polar surface area (TPSA) is 35.8 Å². The van der Waals surface area contributed by atoms with E-state index in [1.807, 2.05) is 13.0 Å². The second kappa shape index (κ2) is 6.02. The van der Waals surface area contributed by atoms with Crippen molar-refractivity contribution in [1.82, 2.24) is 0 Å². The molecule has 0 heterocycles. The van der Waals surface area contributed by atoms with Gasteiger partial charge in [-0.3, -0.25) is 0 Å². The van der Waals surface area contributed by atoms with Gasteiger partial charge in [-0.15, -0.1) is 0 Å². The van der Waals surface area contributed by atoms with Gasteiger partial charge in [-0.05, 0) is 37.5 Å². The van der Waals surface area contributed by atoms with Crippen LogP contribution in [-0.2, 0) is 0 Å². The molecule has 0 aliphatic rings. The summed E-state index contributed by atoms with van der Waals surface area (Å²) >= 11 is 0. The van der Waals surface area contributed by atoms with Crippen LogP contribution in [0.3, 0.4) is 0 Å². The highest BCUT2D eigenvalue weighted by Gasteiger charge is 2.00. The number of hydrogen-bond acceptors (Lipinski definition) is 2. The van der Waals surface area contributed by atoms with E-state index in [4.69, 9.17) is 5.26 Å². The Kier molecular flexibility index (Phi) is 4.62. The molecule has 1 aromatic rings. The number of aryl methyl sites for hydroxylation is 1. The van der Waals surface area contributed by atoms with Crippen LogP contribution in [0.25, 0.3) is 0 Å². The zero-order chi connectivity index (χ0) is 11.1. The van der Waals surface area contributed by atoms with E-state index in [9.17, 15) is 4.39 Å². The molecule has 1 rings (SSSR count). The molecule has 2 nitrogen and oxygen atoms in total. The highest BCUT2D eigenvalue weighted by Crippen LogP contribution is 2.15. The molecule has 0 fully saturated rings. The van der Waals surface area contributed by atoms with Crippen molar-refractivity contribution in [3.63, 3.8) is 0 Å². The standard InChI is InChI=1S/C12H15FN2/c1-10-5-6-12(11(13)9-10)15-8-4-2-3-7-14/h5-6,9,15H,2-4,8H2,1H3. The van der Waals surface area contributed by atoms with Gasteiger partial charge in [-0.25, -0.2) is 4.39 Å². The van der Waals surface area contributed by atoms with Crippen molar-refractivity contribution in [2.24, 2.45) is 0 Å². The molecule has 0 aliphatic carbocycles. The first-order chi connectivity index (χ1) is 7.24. The van der Waals surface area contributed by atoms with Gasteiger partial charge in [0.15, 0.2) is 0 Å². The summed E-state index contributed by atoms with van der Waals surface area (Å²) in [5, 5.41) is 11.3. The average molecular weight is 206 g/mol. The van der Waals surface area contributed by atoms with Crippen molar-refractivity contribution in [3.05, 3.63) is 29.6 Å². The molecule has 0 aliphatic heterocycles. The molecule has 0 radical (unpaired) electrons. The maximum Gasteiger partial charge on any atom is 0.146 e. The molecule has 1 aromatic carbocycles. The van der Waals surface area contributed by atoms with Crippen LogP contribution in [-0.4, -0.2) is 6.54 Å². The second-order valence-corrected chi connectivity index (χ2v) is 3.53. The summed E-state index contributed by atoms with van der Waals surface area (Å²) in [6.45, 7) is 2.57. The summed E-state index contributed by atoms with van der Waals surface area (Å²) in [5.41, 5.74) is 1.46. The predicted octanol–water partition coefficient (Wildman–Crippen LogP) is 3.24. The molecule has 3 heteroatoms. The molecule has 0 atom stereocenters. The van der Waals surface area contributed by atoms with Crippen LogP contribution in [0.1, 0.15) is 24.8 Å². The normalized spacial score (nSPS) is 9.67. The van der Waals surface area contributed by atoms with Crippen molar-refractivity contribution in [2.75, 3.05) is 11.9 Å². The van der Waals surface area contributed by atoms with Crippen LogP contribution in [0.4, 0.5) is 10.1 Å². The summed E-state index contributed by atoms with van der Waals surface area (Å²) in [5.74, 6) is -0.213. The molecule has 0 spiro atoms. The van der Waals surface area contributed by atoms with Crippen molar-refractivity contribution in [1.29, 1.82) is 5.26 Å². The Bertz CT molecular complexity index is 355. The highest BCUT2D eigenvalue weighted by atomic mass is 19.1. The maximum atomic E-state index is 13.3. The van der Waals surface area contributed by atoms with Gasteiger partial charge in [0.1, 0.15) is 5.82 Å². The number of hydrogen-bond donors (Lipinski definition) is 1. The number of nitrogens with zero attached hydrogens (tertiary/aromatic N) is 1. The van der Waals surface area contributed by atoms with Gasteiger partial charge in [-0.2, -0.15) is 5.26 Å². The lowest BCUT2D eigenvalue weighted by atomic mass is 10.2. The SMILES string of the molecule is Cc1ccc(NCCCCC#N)c(F)c1. The minimum absolute atomic E-state index is 0.213. The summed E-state index contributed by atoms with van der Waals surface area (Å²) in [6, 6.07) is 7.22. The van der Waals surface area contributed by atoms with Gasteiger partial charge >= 0.3 is 0 Å². The van der Waals surface area contributed by atoms with E-state index in [2.05, 4.69) is 11.4 Å². The Morgan fingerprint density at radius 1 is 1.40 bits per heavy atom. The number of halogens is 1. The van der Waals surface area contributed by atoms with Crippen LogP contribution >= 0.6 is 0 Å². The fraction of sp³-hybridized carbons (Fsp3) is 0.417. The molecular formula is C12H15FN2. The first-order valence-electron chi connectivity index (χ1n) is 5.11. The quantitative estimate of drug-likeness (QED) is 0.751. The molecule has 0 saturated carbocycles. The summed E-state index contributed by atoms with van der Waals surface area (Å²) < 4.78 is 13.3. The van der Waals surface area contributed by atoms with Crippen molar-refractivity contribution in [3.8, 4) is 6.07 Å². The average Bonchev–Trinajstić information content (AvgIpc) is 2.20. The van der Waals surface area contributed by atoms with Crippen molar-refractivity contribution < 1.29 is 4.39 Å². The third-order valence-electron chi connectivity index (χ3n) is 2.16. The minimum atomic E-state index is -0.213. The first-order valence-corrected chi connectivity index (χ1v) is 5.11. The lowest BCUT2D eigenvalue weighted by Gasteiger charge is -2.07. The van der Waals surface area contributed by atoms with Crippen LogP contribution < -0.4 is 5.32 Å². The zero-order valence-corrected chi connectivity index (χ0v) is 8.89. The fourth-order valence-corrected chi connectivity index (χ4v) is 1.32. The van der Waals surface area contributed by atoms with Gasteiger partial charge in [0.05, 0.1) is 11.8 Å². The number of unbranched alkanes of at least 4 members (excludes halogenated alkanes) is 2. The van der Waals surface area contributed by atoms with Crippen molar-refractivity contribution >= 4 is 5.69 Å². The number of rotatable bonds is 5. The Labute approximate surface area is 89.7 Å². The minimum Gasteiger partial charge on any atom is -0.383 e. The molecule has 80 valence electrons. The van der Waals surface area contributed by atoms with Crippen LogP contribution in [0.2, 0.25) is 0 Å². The molecule has 15 heavy (non-hydrogen) atoms. The van der Waals surface area contributed by atoms with E-state index in [0.29, 0.717) is 18.7 Å². The molecular weight excluding hydrogens is 191 g/mol. The lowest BCUT2D eigenvalue weighted by Crippen LogP contribution is -2.03. The Morgan fingerprint density at radius 3 is 2.87 bits per heavy atom. The van der Waals surface area contributed by atoms with E-state index in [1.165, 1.54) is 6.07 Å². The van der Waals surface area contributed by atoms with E-state index in [0.717, 1.165) is 18.4 Å². The number of anilines is 1. The summed E-state index contributed by atoms with van der Waals surface area (Å²) in [7, 11) is 0. The number of benzene rings is 1. The van der Waals surface area contributed by atoms with Gasteiger partial charge in [0, 0.05) is 13.0 Å². The highest BCUT2D eigenvalue weighted by molar-refractivity contribution is 5.45. The van der Waals surface area contributed by atoms with Crippen LogP contribution in [0.5, 0.6) is 0 Å². The van der Waals surface area contributed by atoms with E-state index >= 15 is 0 Å². The van der Waals surface area contributed by atoms with E-state index in [-0.39, 0.29) is 5.82 Å². The predicted molar refractivity (Wildman–Crippen MR) is 59.1 cm³/mol. The Hall–Kier alpha value is -1.56. The van der Waals surface area contributed by atoms with E-state index in [1.54, 1.807) is 6.07 Å².